The van der Waals surface area contributed by atoms with Crippen molar-refractivity contribution in [2.75, 3.05) is 12.9 Å². The zero-order valence-corrected chi connectivity index (χ0v) is 16.8. The summed E-state index contributed by atoms with van der Waals surface area (Å²) in [7, 11) is 0. The molecule has 1 aromatic carbocycles. The summed E-state index contributed by atoms with van der Waals surface area (Å²) < 4.78 is 5.13. The molecule has 1 N–H and O–H groups in total. The van der Waals surface area contributed by atoms with Gasteiger partial charge < -0.3 is 10.1 Å². The van der Waals surface area contributed by atoms with E-state index in [0.717, 1.165) is 24.1 Å². The second-order valence-electron chi connectivity index (χ2n) is 6.34. The third-order valence-electron chi connectivity index (χ3n) is 4.26. The van der Waals surface area contributed by atoms with Gasteiger partial charge in [-0.05, 0) is 42.9 Å². The third kappa shape index (κ3) is 5.03. The summed E-state index contributed by atoms with van der Waals surface area (Å²) in [5, 5.41) is 13.2. The van der Waals surface area contributed by atoms with Gasteiger partial charge >= 0.3 is 5.97 Å². The van der Waals surface area contributed by atoms with Crippen molar-refractivity contribution < 1.29 is 14.3 Å². The van der Waals surface area contributed by atoms with E-state index in [1.54, 1.807) is 36.6 Å². The van der Waals surface area contributed by atoms with Gasteiger partial charge in [0, 0.05) is 23.2 Å². The van der Waals surface area contributed by atoms with Crippen molar-refractivity contribution in [2.24, 2.45) is 0 Å². The van der Waals surface area contributed by atoms with Gasteiger partial charge in [0.15, 0.2) is 6.61 Å². The Morgan fingerprint density at radius 1 is 1.36 bits per heavy atom. The lowest BCUT2D eigenvalue weighted by Gasteiger charge is -2.11. The number of ether oxygens (including phenoxy) is 1. The van der Waals surface area contributed by atoms with Crippen LogP contribution in [0.2, 0.25) is 5.02 Å². The SMILES string of the molecule is CSc1nc(C2CC2)cc(C(=O)OCC(=O)NCc2ccc(Cl)cc2)c1C#N. The number of hydrogen-bond acceptors (Lipinski definition) is 6. The van der Waals surface area contributed by atoms with E-state index in [9.17, 15) is 14.9 Å². The Labute approximate surface area is 172 Å². The second kappa shape index (κ2) is 9.09. The van der Waals surface area contributed by atoms with Crippen LogP contribution in [0.25, 0.3) is 0 Å². The van der Waals surface area contributed by atoms with Crippen molar-refractivity contribution in [3.05, 3.63) is 57.7 Å². The molecular formula is C20H18ClN3O3S. The summed E-state index contributed by atoms with van der Waals surface area (Å²) in [6.45, 7) is -0.123. The number of thioether (sulfide) groups is 1. The van der Waals surface area contributed by atoms with Crippen molar-refractivity contribution in [3.8, 4) is 6.07 Å². The molecule has 0 spiro atoms. The van der Waals surface area contributed by atoms with Gasteiger partial charge in [-0.3, -0.25) is 4.79 Å². The monoisotopic (exact) mass is 415 g/mol. The molecule has 1 aliphatic carbocycles. The number of esters is 1. The van der Waals surface area contributed by atoms with E-state index in [-0.39, 0.29) is 11.1 Å². The Bertz CT molecular complexity index is 937. The quantitative estimate of drug-likeness (QED) is 0.547. The minimum atomic E-state index is -0.696. The Morgan fingerprint density at radius 3 is 2.68 bits per heavy atom. The molecule has 8 heteroatoms. The fourth-order valence-corrected chi connectivity index (χ4v) is 3.29. The lowest BCUT2D eigenvalue weighted by molar-refractivity contribution is -0.124. The first kappa shape index (κ1) is 20.2. The van der Waals surface area contributed by atoms with Crippen molar-refractivity contribution in [2.45, 2.75) is 30.3 Å². The Balaban J connectivity index is 1.62. The number of nitrogens with zero attached hydrogens (tertiary/aromatic N) is 2. The van der Waals surface area contributed by atoms with Crippen LogP contribution in [0.1, 0.15) is 45.9 Å². The number of carbonyl (C=O) groups excluding carboxylic acids is 2. The zero-order chi connectivity index (χ0) is 20.1. The molecule has 3 rings (SSSR count). The zero-order valence-electron chi connectivity index (χ0n) is 15.2. The number of hydrogen-bond donors (Lipinski definition) is 1. The van der Waals surface area contributed by atoms with Gasteiger partial charge in [0.1, 0.15) is 11.1 Å². The maximum absolute atomic E-state index is 12.5. The van der Waals surface area contributed by atoms with Crippen LogP contribution in [-0.4, -0.2) is 29.7 Å². The topological polar surface area (TPSA) is 92.1 Å². The molecule has 6 nitrogen and oxygen atoms in total. The summed E-state index contributed by atoms with van der Waals surface area (Å²) in [6.07, 6.45) is 3.85. The molecule has 1 aliphatic rings. The van der Waals surface area contributed by atoms with E-state index in [1.165, 1.54) is 11.8 Å². The number of amides is 1. The lowest BCUT2D eigenvalue weighted by atomic mass is 10.1. The fourth-order valence-electron chi connectivity index (χ4n) is 2.61. The molecule has 0 unspecified atom stereocenters. The van der Waals surface area contributed by atoms with Crippen molar-refractivity contribution in [3.63, 3.8) is 0 Å². The van der Waals surface area contributed by atoms with E-state index in [1.807, 2.05) is 6.07 Å². The van der Waals surface area contributed by atoms with Crippen LogP contribution >= 0.6 is 23.4 Å². The Morgan fingerprint density at radius 2 is 2.07 bits per heavy atom. The van der Waals surface area contributed by atoms with Crippen molar-refractivity contribution >= 4 is 35.2 Å². The molecule has 0 atom stereocenters. The molecule has 1 saturated carbocycles. The van der Waals surface area contributed by atoms with Crippen molar-refractivity contribution in [1.29, 1.82) is 5.26 Å². The lowest BCUT2D eigenvalue weighted by Crippen LogP contribution is -2.28. The van der Waals surface area contributed by atoms with Crippen LogP contribution in [0.3, 0.4) is 0 Å². The Hall–Kier alpha value is -2.56. The third-order valence-corrected chi connectivity index (χ3v) is 5.20. The van der Waals surface area contributed by atoms with E-state index in [2.05, 4.69) is 10.3 Å². The summed E-state index contributed by atoms with van der Waals surface area (Å²) in [5.41, 5.74) is 2.02. The van der Waals surface area contributed by atoms with Gasteiger partial charge in [-0.15, -0.1) is 11.8 Å². The van der Waals surface area contributed by atoms with Gasteiger partial charge in [-0.1, -0.05) is 23.7 Å². The maximum atomic E-state index is 12.5. The number of carbonyl (C=O) groups is 2. The fraction of sp³-hybridized carbons (Fsp3) is 0.300. The maximum Gasteiger partial charge on any atom is 0.340 e. The standard InChI is InChI=1S/C20H18ClN3O3S/c1-28-19-16(9-22)15(8-17(24-19)13-4-5-13)20(26)27-11-18(25)23-10-12-2-6-14(21)7-3-12/h2-3,6-8,13H,4-5,10-11H2,1H3,(H,23,25). The summed E-state index contributed by atoms with van der Waals surface area (Å²) >= 11 is 7.14. The van der Waals surface area contributed by atoms with Crippen LogP contribution in [0.5, 0.6) is 0 Å². The number of rotatable bonds is 7. The first-order valence-corrected chi connectivity index (χ1v) is 10.3. The van der Waals surface area contributed by atoms with Gasteiger partial charge in [0.25, 0.3) is 5.91 Å². The molecule has 0 radical (unpaired) electrons. The first-order valence-electron chi connectivity index (χ1n) is 8.69. The summed E-state index contributed by atoms with van der Waals surface area (Å²) in [4.78, 5) is 29.0. The number of halogens is 1. The molecule has 1 fully saturated rings. The van der Waals surface area contributed by atoms with Crippen LogP contribution in [0.4, 0.5) is 0 Å². The van der Waals surface area contributed by atoms with E-state index in [4.69, 9.17) is 16.3 Å². The smallest absolute Gasteiger partial charge is 0.340 e. The average Bonchev–Trinajstić information content (AvgIpc) is 3.55. The molecular weight excluding hydrogens is 398 g/mol. The van der Waals surface area contributed by atoms with E-state index in [0.29, 0.717) is 22.5 Å². The molecule has 144 valence electrons. The summed E-state index contributed by atoms with van der Waals surface area (Å²) in [6, 6.07) is 10.7. The van der Waals surface area contributed by atoms with Gasteiger partial charge in [0.2, 0.25) is 0 Å². The number of nitrogens with one attached hydrogen (secondary N) is 1. The molecule has 1 aromatic heterocycles. The summed E-state index contributed by atoms with van der Waals surface area (Å²) in [5.74, 6) is -0.797. The highest BCUT2D eigenvalue weighted by Gasteiger charge is 2.29. The number of nitriles is 1. The molecule has 0 bridgehead atoms. The molecule has 0 saturated heterocycles. The number of benzene rings is 1. The minimum absolute atomic E-state index is 0.161. The molecule has 0 aliphatic heterocycles. The van der Waals surface area contributed by atoms with Crippen LogP contribution in [0, 0.1) is 11.3 Å². The number of pyridine rings is 1. The van der Waals surface area contributed by atoms with Gasteiger partial charge in [-0.2, -0.15) is 5.26 Å². The predicted octanol–water partition coefficient (Wildman–Crippen LogP) is 3.68. The van der Waals surface area contributed by atoms with Crippen molar-refractivity contribution in [1.82, 2.24) is 10.3 Å². The first-order chi connectivity index (χ1) is 13.5. The highest BCUT2D eigenvalue weighted by atomic mass is 35.5. The molecule has 2 aromatic rings. The highest BCUT2D eigenvalue weighted by molar-refractivity contribution is 7.98. The number of aromatic nitrogens is 1. The van der Waals surface area contributed by atoms with Crippen LogP contribution in [0.15, 0.2) is 35.4 Å². The normalized spacial score (nSPS) is 12.9. The minimum Gasteiger partial charge on any atom is -0.452 e. The Kier molecular flexibility index (Phi) is 6.55. The van der Waals surface area contributed by atoms with Gasteiger partial charge in [0.05, 0.1) is 11.1 Å². The molecule has 28 heavy (non-hydrogen) atoms. The molecule has 1 amide bonds. The largest absolute Gasteiger partial charge is 0.452 e. The van der Waals surface area contributed by atoms with E-state index < -0.39 is 18.5 Å². The molecule has 1 heterocycles. The second-order valence-corrected chi connectivity index (χ2v) is 7.58. The van der Waals surface area contributed by atoms with Crippen LogP contribution < -0.4 is 5.32 Å². The average molecular weight is 416 g/mol. The highest BCUT2D eigenvalue weighted by Crippen LogP contribution is 2.40. The van der Waals surface area contributed by atoms with Crippen LogP contribution in [-0.2, 0) is 16.1 Å². The predicted molar refractivity (Wildman–Crippen MR) is 106 cm³/mol. The van der Waals surface area contributed by atoms with Gasteiger partial charge in [-0.25, -0.2) is 9.78 Å². The van der Waals surface area contributed by atoms with E-state index >= 15 is 0 Å².